The molecule has 0 aliphatic heterocycles. The van der Waals surface area contributed by atoms with E-state index < -0.39 is 0 Å². The van der Waals surface area contributed by atoms with Crippen LogP contribution in [0.1, 0.15) is 12.6 Å². The predicted molar refractivity (Wildman–Crippen MR) is 46.1 cm³/mol. The fraction of sp³-hybridized carbons (Fsp3) is 0.444. The Morgan fingerprint density at radius 1 is 1.50 bits per heavy atom. The molecule has 1 aromatic heterocycles. The second-order valence-electron chi connectivity index (χ2n) is 2.31. The lowest BCUT2D eigenvalue weighted by molar-refractivity contribution is 0.176. The lowest BCUT2D eigenvalue weighted by atomic mass is 10.3. The summed E-state index contributed by atoms with van der Waals surface area (Å²) >= 11 is 0. The molecule has 0 bridgehead atoms. The average Bonchev–Trinajstić information content (AvgIpc) is 2.09. The van der Waals surface area contributed by atoms with Crippen LogP contribution in [0.2, 0.25) is 0 Å². The number of aromatic nitrogens is 1. The van der Waals surface area contributed by atoms with Gasteiger partial charge >= 0.3 is 0 Å². The molecule has 0 spiro atoms. The molecule has 3 heteroatoms. The molecule has 0 fully saturated rings. The zero-order valence-corrected chi connectivity index (χ0v) is 7.41. The number of rotatable bonds is 4. The molecule has 0 saturated carbocycles. The van der Waals surface area contributed by atoms with Crippen molar-refractivity contribution in [2.24, 2.45) is 0 Å². The average molecular weight is 167 g/mol. The second kappa shape index (κ2) is 4.72. The van der Waals surface area contributed by atoms with E-state index in [2.05, 4.69) is 4.98 Å². The highest BCUT2D eigenvalue weighted by Crippen LogP contribution is 2.15. The van der Waals surface area contributed by atoms with E-state index in [0.717, 1.165) is 11.4 Å². The van der Waals surface area contributed by atoms with E-state index in [1.807, 2.05) is 19.1 Å². The highest BCUT2D eigenvalue weighted by Gasteiger charge is 2.01. The molecule has 1 rings (SSSR count). The van der Waals surface area contributed by atoms with Crippen LogP contribution in [-0.2, 0) is 11.3 Å². The molecule has 0 atom stereocenters. The number of methoxy groups -OCH3 is 1. The Morgan fingerprint density at radius 3 is 3.00 bits per heavy atom. The van der Waals surface area contributed by atoms with E-state index in [-0.39, 0.29) is 0 Å². The first-order valence-electron chi connectivity index (χ1n) is 3.94. The minimum Gasteiger partial charge on any atom is -0.492 e. The van der Waals surface area contributed by atoms with Crippen LogP contribution < -0.4 is 4.74 Å². The summed E-state index contributed by atoms with van der Waals surface area (Å²) in [4.78, 5) is 4.14. The maximum absolute atomic E-state index is 5.35. The van der Waals surface area contributed by atoms with Gasteiger partial charge in [-0.1, -0.05) is 0 Å². The van der Waals surface area contributed by atoms with Gasteiger partial charge in [0, 0.05) is 13.3 Å². The standard InChI is InChI=1S/C9H13NO2/c1-3-12-9-5-4-6-10-8(9)7-11-2/h4-6H,3,7H2,1-2H3. The molecule has 0 unspecified atom stereocenters. The predicted octanol–water partition coefficient (Wildman–Crippen LogP) is 1.63. The lowest BCUT2D eigenvalue weighted by Crippen LogP contribution is -1.99. The lowest BCUT2D eigenvalue weighted by Gasteiger charge is -2.06. The van der Waals surface area contributed by atoms with Gasteiger partial charge in [-0.2, -0.15) is 0 Å². The van der Waals surface area contributed by atoms with E-state index in [1.165, 1.54) is 0 Å². The maximum Gasteiger partial charge on any atom is 0.143 e. The molecular formula is C9H13NO2. The van der Waals surface area contributed by atoms with Crippen molar-refractivity contribution in [1.82, 2.24) is 4.98 Å². The van der Waals surface area contributed by atoms with Gasteiger partial charge in [0.25, 0.3) is 0 Å². The summed E-state index contributed by atoms with van der Waals surface area (Å²) in [6, 6.07) is 3.75. The molecule has 0 amide bonds. The number of nitrogens with zero attached hydrogens (tertiary/aromatic N) is 1. The first-order valence-corrected chi connectivity index (χ1v) is 3.94. The minimum absolute atomic E-state index is 0.496. The van der Waals surface area contributed by atoms with Gasteiger partial charge < -0.3 is 9.47 Å². The molecular weight excluding hydrogens is 154 g/mol. The summed E-state index contributed by atoms with van der Waals surface area (Å²) in [5.74, 6) is 0.807. The Hall–Kier alpha value is -1.09. The van der Waals surface area contributed by atoms with E-state index in [4.69, 9.17) is 9.47 Å². The highest BCUT2D eigenvalue weighted by molar-refractivity contribution is 5.26. The smallest absolute Gasteiger partial charge is 0.143 e. The summed E-state index contributed by atoms with van der Waals surface area (Å²) in [7, 11) is 1.64. The zero-order chi connectivity index (χ0) is 8.81. The molecule has 3 nitrogen and oxygen atoms in total. The fourth-order valence-electron chi connectivity index (χ4n) is 0.955. The SMILES string of the molecule is CCOc1cccnc1COC. The van der Waals surface area contributed by atoms with E-state index in [9.17, 15) is 0 Å². The first kappa shape index (κ1) is 9.00. The molecule has 0 radical (unpaired) electrons. The maximum atomic E-state index is 5.35. The van der Waals surface area contributed by atoms with Gasteiger partial charge in [-0.25, -0.2) is 0 Å². The van der Waals surface area contributed by atoms with Crippen LogP contribution in [0.4, 0.5) is 0 Å². The largest absolute Gasteiger partial charge is 0.492 e. The third-order valence-corrected chi connectivity index (χ3v) is 1.43. The number of pyridine rings is 1. The molecule has 1 heterocycles. The summed E-state index contributed by atoms with van der Waals surface area (Å²) in [5, 5.41) is 0. The van der Waals surface area contributed by atoms with Crippen LogP contribution >= 0.6 is 0 Å². The van der Waals surface area contributed by atoms with Crippen molar-refractivity contribution >= 4 is 0 Å². The Morgan fingerprint density at radius 2 is 2.33 bits per heavy atom. The van der Waals surface area contributed by atoms with Gasteiger partial charge in [0.15, 0.2) is 0 Å². The number of hydrogen-bond acceptors (Lipinski definition) is 3. The van der Waals surface area contributed by atoms with Crippen molar-refractivity contribution in [3.8, 4) is 5.75 Å². The van der Waals surface area contributed by atoms with E-state index in [1.54, 1.807) is 13.3 Å². The van der Waals surface area contributed by atoms with Crippen molar-refractivity contribution < 1.29 is 9.47 Å². The minimum atomic E-state index is 0.496. The fourth-order valence-corrected chi connectivity index (χ4v) is 0.955. The number of hydrogen-bond donors (Lipinski definition) is 0. The van der Waals surface area contributed by atoms with Crippen LogP contribution in [0.5, 0.6) is 5.75 Å². The topological polar surface area (TPSA) is 31.4 Å². The Kier molecular flexibility index (Phi) is 3.54. The van der Waals surface area contributed by atoms with Crippen molar-refractivity contribution in [1.29, 1.82) is 0 Å². The third-order valence-electron chi connectivity index (χ3n) is 1.43. The molecule has 12 heavy (non-hydrogen) atoms. The highest BCUT2D eigenvalue weighted by atomic mass is 16.5. The van der Waals surface area contributed by atoms with Crippen molar-refractivity contribution in [3.05, 3.63) is 24.0 Å². The van der Waals surface area contributed by atoms with E-state index >= 15 is 0 Å². The second-order valence-corrected chi connectivity index (χ2v) is 2.31. The number of ether oxygens (including phenoxy) is 2. The van der Waals surface area contributed by atoms with Gasteiger partial charge in [0.05, 0.1) is 13.2 Å². The molecule has 0 saturated heterocycles. The van der Waals surface area contributed by atoms with Crippen LogP contribution in [-0.4, -0.2) is 18.7 Å². The molecule has 66 valence electrons. The molecule has 0 N–H and O–H groups in total. The van der Waals surface area contributed by atoms with Gasteiger partial charge in [-0.15, -0.1) is 0 Å². The first-order chi connectivity index (χ1) is 5.88. The van der Waals surface area contributed by atoms with Crippen LogP contribution in [0.15, 0.2) is 18.3 Å². The zero-order valence-electron chi connectivity index (χ0n) is 7.41. The van der Waals surface area contributed by atoms with Gasteiger partial charge in [0.2, 0.25) is 0 Å². The normalized spacial score (nSPS) is 9.83. The molecule has 1 aromatic rings. The van der Waals surface area contributed by atoms with Crippen molar-refractivity contribution in [2.45, 2.75) is 13.5 Å². The summed E-state index contributed by atoms with van der Waals surface area (Å²) in [5.41, 5.74) is 0.849. The van der Waals surface area contributed by atoms with Crippen molar-refractivity contribution in [3.63, 3.8) is 0 Å². The Bertz CT molecular complexity index is 213. The third kappa shape index (κ3) is 2.20. The van der Waals surface area contributed by atoms with Gasteiger partial charge in [0.1, 0.15) is 11.4 Å². The Balaban J connectivity index is 2.77. The van der Waals surface area contributed by atoms with Crippen molar-refractivity contribution in [2.75, 3.05) is 13.7 Å². The summed E-state index contributed by atoms with van der Waals surface area (Å²) in [6.45, 7) is 3.10. The van der Waals surface area contributed by atoms with Crippen LogP contribution in [0.3, 0.4) is 0 Å². The van der Waals surface area contributed by atoms with E-state index in [0.29, 0.717) is 13.2 Å². The Labute approximate surface area is 72.3 Å². The van der Waals surface area contributed by atoms with Gasteiger partial charge in [-0.05, 0) is 19.1 Å². The van der Waals surface area contributed by atoms with Crippen LogP contribution in [0.25, 0.3) is 0 Å². The summed E-state index contributed by atoms with van der Waals surface area (Å²) < 4.78 is 10.3. The van der Waals surface area contributed by atoms with Crippen LogP contribution in [0, 0.1) is 0 Å². The monoisotopic (exact) mass is 167 g/mol. The quantitative estimate of drug-likeness (QED) is 0.683. The summed E-state index contributed by atoms with van der Waals surface area (Å²) in [6.07, 6.45) is 1.73. The molecule has 0 aromatic carbocycles. The molecule has 0 aliphatic carbocycles. The van der Waals surface area contributed by atoms with Gasteiger partial charge in [-0.3, -0.25) is 4.98 Å². The molecule has 0 aliphatic rings.